The molecular formula is C19H32NO4P. The Bertz CT molecular complexity index is 495. The zero-order chi connectivity index (χ0) is 18.3. The molecule has 0 radical (unpaired) electrons. The number of rotatable bonds is 14. The molecule has 0 aliphatic heterocycles. The lowest BCUT2D eigenvalue weighted by Crippen LogP contribution is -2.31. The van der Waals surface area contributed by atoms with E-state index in [0.717, 1.165) is 12.8 Å². The summed E-state index contributed by atoms with van der Waals surface area (Å²) in [6.45, 7) is 4.27. The van der Waals surface area contributed by atoms with Gasteiger partial charge in [0.1, 0.15) is 11.8 Å². The molecule has 25 heavy (non-hydrogen) atoms. The van der Waals surface area contributed by atoms with Crippen LogP contribution in [-0.4, -0.2) is 18.6 Å². The Balaban J connectivity index is 2.06. The molecule has 1 aromatic carbocycles. The molecular weight excluding hydrogens is 337 g/mol. The fourth-order valence-electron chi connectivity index (χ4n) is 2.39. The lowest BCUT2D eigenvalue weighted by Gasteiger charge is -2.13. The van der Waals surface area contributed by atoms with Crippen molar-refractivity contribution in [2.75, 3.05) is 6.61 Å². The van der Waals surface area contributed by atoms with Gasteiger partial charge in [-0.15, -0.1) is 0 Å². The normalized spacial score (nSPS) is 13.2. The number of ether oxygens (including phenoxy) is 1. The Morgan fingerprint density at radius 2 is 1.64 bits per heavy atom. The monoisotopic (exact) mass is 369 g/mol. The standard InChI is InChI=1S/C19H32NO4P/c1-3-4-5-6-7-8-9-13-16-23-19(21)17(2)20-25(22)24-18-14-11-10-12-15-18/h10-12,14-15,17,25H,3-9,13,16H2,1-2H3,(H,20,22)/t17-/m0/s1. The molecule has 0 aromatic heterocycles. The van der Waals surface area contributed by atoms with Crippen molar-refractivity contribution in [1.29, 1.82) is 0 Å². The SMILES string of the molecule is CCCCCCCCCCOC(=O)[C@H](C)N[PH](=O)Oc1ccccc1. The van der Waals surface area contributed by atoms with Crippen LogP contribution in [0.3, 0.4) is 0 Å². The van der Waals surface area contributed by atoms with Crippen LogP contribution in [0.5, 0.6) is 5.75 Å². The number of hydrogen-bond acceptors (Lipinski definition) is 4. The minimum Gasteiger partial charge on any atom is -0.465 e. The molecule has 5 nitrogen and oxygen atoms in total. The van der Waals surface area contributed by atoms with Crippen molar-refractivity contribution >= 4 is 14.1 Å². The topological polar surface area (TPSA) is 64.6 Å². The summed E-state index contributed by atoms with van der Waals surface area (Å²) in [6.07, 6.45) is 9.60. The van der Waals surface area contributed by atoms with Crippen LogP contribution >= 0.6 is 8.18 Å². The van der Waals surface area contributed by atoms with E-state index in [2.05, 4.69) is 12.0 Å². The number of nitrogens with one attached hydrogen (secondary N) is 1. The predicted molar refractivity (Wildman–Crippen MR) is 102 cm³/mol. The van der Waals surface area contributed by atoms with E-state index in [1.165, 1.54) is 38.5 Å². The van der Waals surface area contributed by atoms with Gasteiger partial charge in [0.2, 0.25) is 0 Å². The van der Waals surface area contributed by atoms with E-state index in [1.807, 2.05) is 6.07 Å². The van der Waals surface area contributed by atoms with Gasteiger partial charge in [0.25, 0.3) is 0 Å². The van der Waals surface area contributed by atoms with Crippen molar-refractivity contribution in [2.24, 2.45) is 0 Å². The van der Waals surface area contributed by atoms with Crippen LogP contribution in [-0.2, 0) is 14.1 Å². The van der Waals surface area contributed by atoms with Gasteiger partial charge in [0, 0.05) is 0 Å². The van der Waals surface area contributed by atoms with E-state index in [4.69, 9.17) is 9.26 Å². The van der Waals surface area contributed by atoms with E-state index >= 15 is 0 Å². The molecule has 0 aliphatic rings. The first-order chi connectivity index (χ1) is 12.1. The van der Waals surface area contributed by atoms with Gasteiger partial charge in [-0.05, 0) is 25.5 Å². The fraction of sp³-hybridized carbons (Fsp3) is 0.632. The van der Waals surface area contributed by atoms with E-state index in [-0.39, 0.29) is 0 Å². The van der Waals surface area contributed by atoms with Gasteiger partial charge >= 0.3 is 14.1 Å². The predicted octanol–water partition coefficient (Wildman–Crippen LogP) is 5.12. The second kappa shape index (κ2) is 13.9. The Kier molecular flexibility index (Phi) is 12.1. The first-order valence-electron chi connectivity index (χ1n) is 9.33. The molecule has 1 rings (SSSR count). The molecule has 0 saturated heterocycles. The maximum atomic E-state index is 11.9. The number of benzene rings is 1. The van der Waals surface area contributed by atoms with Gasteiger partial charge in [0.15, 0.2) is 0 Å². The van der Waals surface area contributed by atoms with Crippen molar-refractivity contribution in [1.82, 2.24) is 5.09 Å². The molecule has 0 spiro atoms. The van der Waals surface area contributed by atoms with Gasteiger partial charge in [-0.25, -0.2) is 5.09 Å². The van der Waals surface area contributed by atoms with Crippen LogP contribution < -0.4 is 9.61 Å². The van der Waals surface area contributed by atoms with Crippen LogP contribution in [0.1, 0.15) is 65.2 Å². The number of carbonyl (C=O) groups is 1. The van der Waals surface area contributed by atoms with E-state index < -0.39 is 20.2 Å². The van der Waals surface area contributed by atoms with Crippen molar-refractivity contribution in [3.63, 3.8) is 0 Å². The molecule has 0 aliphatic carbocycles. The molecule has 0 fully saturated rings. The first kappa shape index (κ1) is 21.7. The van der Waals surface area contributed by atoms with Crippen molar-refractivity contribution in [3.05, 3.63) is 30.3 Å². The van der Waals surface area contributed by atoms with Gasteiger partial charge in [-0.2, -0.15) is 0 Å². The molecule has 1 unspecified atom stereocenters. The third-order valence-electron chi connectivity index (χ3n) is 3.88. The average molecular weight is 369 g/mol. The number of para-hydroxylation sites is 1. The van der Waals surface area contributed by atoms with Gasteiger partial charge in [-0.1, -0.05) is 70.1 Å². The number of unbranched alkanes of at least 4 members (excludes halogenated alkanes) is 7. The van der Waals surface area contributed by atoms with E-state index in [1.54, 1.807) is 31.2 Å². The van der Waals surface area contributed by atoms with Crippen LogP contribution in [0, 0.1) is 0 Å². The van der Waals surface area contributed by atoms with Crippen molar-refractivity contribution < 1.29 is 18.6 Å². The summed E-state index contributed by atoms with van der Waals surface area (Å²) < 4.78 is 22.4. The fourth-order valence-corrected chi connectivity index (χ4v) is 3.27. The van der Waals surface area contributed by atoms with Gasteiger partial charge in [0.05, 0.1) is 6.61 Å². The quantitative estimate of drug-likeness (QED) is 0.280. The zero-order valence-electron chi connectivity index (χ0n) is 15.5. The molecule has 0 saturated carbocycles. The van der Waals surface area contributed by atoms with Crippen LogP contribution in [0.4, 0.5) is 0 Å². The first-order valence-corrected chi connectivity index (χ1v) is 10.6. The third kappa shape index (κ3) is 11.0. The molecule has 0 amide bonds. The summed E-state index contributed by atoms with van der Waals surface area (Å²) in [5, 5.41) is 2.66. The van der Waals surface area contributed by atoms with Crippen molar-refractivity contribution in [3.8, 4) is 5.75 Å². The van der Waals surface area contributed by atoms with Crippen LogP contribution in [0.2, 0.25) is 0 Å². The van der Waals surface area contributed by atoms with Crippen LogP contribution in [0.25, 0.3) is 0 Å². The van der Waals surface area contributed by atoms with Crippen LogP contribution in [0.15, 0.2) is 30.3 Å². The highest BCUT2D eigenvalue weighted by Gasteiger charge is 2.17. The molecule has 2 atom stereocenters. The van der Waals surface area contributed by atoms with E-state index in [9.17, 15) is 9.36 Å². The second-order valence-electron chi connectivity index (χ2n) is 6.21. The number of esters is 1. The minimum atomic E-state index is -2.54. The Hall–Kier alpha value is -1.32. The number of hydrogen-bond donors (Lipinski definition) is 1. The highest BCUT2D eigenvalue weighted by molar-refractivity contribution is 7.37. The third-order valence-corrected chi connectivity index (χ3v) is 4.97. The smallest absolute Gasteiger partial charge is 0.323 e. The summed E-state index contributed by atoms with van der Waals surface area (Å²) in [7, 11) is -2.54. The lowest BCUT2D eigenvalue weighted by atomic mass is 10.1. The molecule has 142 valence electrons. The lowest BCUT2D eigenvalue weighted by molar-refractivity contribution is -0.145. The Morgan fingerprint density at radius 3 is 2.28 bits per heavy atom. The van der Waals surface area contributed by atoms with Gasteiger partial charge in [-0.3, -0.25) is 9.36 Å². The summed E-state index contributed by atoms with van der Waals surface area (Å²) in [6, 6.07) is 8.23. The molecule has 0 bridgehead atoms. The van der Waals surface area contributed by atoms with E-state index in [0.29, 0.717) is 12.4 Å². The average Bonchev–Trinajstić information content (AvgIpc) is 2.60. The Morgan fingerprint density at radius 1 is 1.04 bits per heavy atom. The second-order valence-corrected chi connectivity index (χ2v) is 7.28. The molecule has 0 heterocycles. The summed E-state index contributed by atoms with van der Waals surface area (Å²) >= 11 is 0. The maximum absolute atomic E-state index is 11.9. The molecule has 1 N–H and O–H groups in total. The van der Waals surface area contributed by atoms with Crippen molar-refractivity contribution in [2.45, 2.75) is 71.3 Å². The zero-order valence-corrected chi connectivity index (χ0v) is 16.5. The number of carbonyl (C=O) groups excluding carboxylic acids is 1. The summed E-state index contributed by atoms with van der Waals surface area (Å²) in [5.74, 6) is 0.122. The Labute approximate surface area is 152 Å². The highest BCUT2D eigenvalue weighted by Crippen LogP contribution is 2.23. The minimum absolute atomic E-state index is 0.391. The maximum Gasteiger partial charge on any atom is 0.323 e. The van der Waals surface area contributed by atoms with Gasteiger partial charge < -0.3 is 9.26 Å². The molecule has 6 heteroatoms. The summed E-state index contributed by atoms with van der Waals surface area (Å²) in [5.41, 5.74) is 0. The summed E-state index contributed by atoms with van der Waals surface area (Å²) in [4.78, 5) is 11.9. The highest BCUT2D eigenvalue weighted by atomic mass is 31.1. The largest absolute Gasteiger partial charge is 0.465 e. The molecule has 1 aromatic rings.